The van der Waals surface area contributed by atoms with Gasteiger partial charge in [0.15, 0.2) is 0 Å². The highest BCUT2D eigenvalue weighted by atomic mass is 16.5. The third-order valence-corrected chi connectivity index (χ3v) is 3.97. The van der Waals surface area contributed by atoms with E-state index in [0.29, 0.717) is 26.1 Å². The number of nitrogens with zero attached hydrogens (tertiary/aromatic N) is 2. The summed E-state index contributed by atoms with van der Waals surface area (Å²) in [6.07, 6.45) is 0.0599. The summed E-state index contributed by atoms with van der Waals surface area (Å²) < 4.78 is 10.5. The fourth-order valence-corrected chi connectivity index (χ4v) is 2.74. The molecular weight excluding hydrogens is 288 g/mol. The van der Waals surface area contributed by atoms with E-state index in [-0.39, 0.29) is 18.2 Å². The second-order valence-electron chi connectivity index (χ2n) is 5.78. The van der Waals surface area contributed by atoms with E-state index in [4.69, 9.17) is 14.4 Å². The summed E-state index contributed by atoms with van der Waals surface area (Å²) in [5, 5.41) is 12.7. The standard InChI is InChI=1S/C15H22N2O5/c1-9(6-13-10(2)16-22-11(13)3)15(20)17-4-5-21-12(8-17)7-14(18)19/h9,12H,4-8H2,1-3H3,(H,18,19). The molecule has 1 aromatic heterocycles. The lowest BCUT2D eigenvalue weighted by atomic mass is 9.98. The average molecular weight is 310 g/mol. The molecule has 1 aliphatic rings. The molecule has 0 spiro atoms. The van der Waals surface area contributed by atoms with Crippen LogP contribution in [0.2, 0.25) is 0 Å². The van der Waals surface area contributed by atoms with Crippen molar-refractivity contribution in [2.24, 2.45) is 5.92 Å². The number of morpholine rings is 1. The molecule has 2 atom stereocenters. The lowest BCUT2D eigenvalue weighted by Crippen LogP contribution is -2.48. The Labute approximate surface area is 129 Å². The summed E-state index contributed by atoms with van der Waals surface area (Å²) in [5.74, 6) is -0.370. The molecular formula is C15H22N2O5. The van der Waals surface area contributed by atoms with Gasteiger partial charge < -0.3 is 19.3 Å². The summed E-state index contributed by atoms with van der Waals surface area (Å²) in [5.41, 5.74) is 1.78. The number of hydrogen-bond donors (Lipinski definition) is 1. The minimum Gasteiger partial charge on any atom is -0.481 e. The number of rotatable bonds is 5. The number of hydrogen-bond acceptors (Lipinski definition) is 5. The van der Waals surface area contributed by atoms with Gasteiger partial charge in [-0.25, -0.2) is 0 Å². The largest absolute Gasteiger partial charge is 0.481 e. The van der Waals surface area contributed by atoms with Crippen molar-refractivity contribution in [1.82, 2.24) is 10.1 Å². The molecule has 0 bridgehead atoms. The Morgan fingerprint density at radius 1 is 1.45 bits per heavy atom. The average Bonchev–Trinajstić information content (AvgIpc) is 2.78. The van der Waals surface area contributed by atoms with Crippen LogP contribution in [0.25, 0.3) is 0 Å². The third-order valence-electron chi connectivity index (χ3n) is 3.97. The van der Waals surface area contributed by atoms with Gasteiger partial charge >= 0.3 is 5.97 Å². The number of aryl methyl sites for hydroxylation is 2. The number of aromatic nitrogens is 1. The highest BCUT2D eigenvalue weighted by molar-refractivity contribution is 5.79. The normalized spacial score (nSPS) is 20.0. The SMILES string of the molecule is Cc1noc(C)c1CC(C)C(=O)N1CCOC(CC(=O)O)C1. The van der Waals surface area contributed by atoms with Crippen molar-refractivity contribution >= 4 is 11.9 Å². The predicted octanol–water partition coefficient (Wildman–Crippen LogP) is 1.17. The molecule has 1 fully saturated rings. The zero-order valence-electron chi connectivity index (χ0n) is 13.2. The van der Waals surface area contributed by atoms with E-state index in [9.17, 15) is 9.59 Å². The molecule has 1 aromatic rings. The van der Waals surface area contributed by atoms with Crippen LogP contribution in [-0.2, 0) is 20.7 Å². The summed E-state index contributed by atoms with van der Waals surface area (Å²) >= 11 is 0. The van der Waals surface area contributed by atoms with E-state index in [0.717, 1.165) is 17.0 Å². The molecule has 1 saturated heterocycles. The van der Waals surface area contributed by atoms with Crippen molar-refractivity contribution < 1.29 is 24.0 Å². The van der Waals surface area contributed by atoms with Crippen LogP contribution in [0.1, 0.15) is 30.4 Å². The molecule has 122 valence electrons. The fourth-order valence-electron chi connectivity index (χ4n) is 2.74. The van der Waals surface area contributed by atoms with Crippen LogP contribution in [0.4, 0.5) is 0 Å². The van der Waals surface area contributed by atoms with E-state index in [1.807, 2.05) is 20.8 Å². The number of ether oxygens (including phenoxy) is 1. The van der Waals surface area contributed by atoms with Gasteiger partial charge in [-0.1, -0.05) is 12.1 Å². The number of carboxylic acid groups (broad SMARTS) is 1. The Bertz CT molecular complexity index is 535. The maximum Gasteiger partial charge on any atom is 0.306 e. The second kappa shape index (κ2) is 6.91. The summed E-state index contributed by atoms with van der Waals surface area (Å²) in [4.78, 5) is 25.0. The number of amides is 1. The predicted molar refractivity (Wildman–Crippen MR) is 77.4 cm³/mol. The number of carbonyl (C=O) groups excluding carboxylic acids is 1. The second-order valence-corrected chi connectivity index (χ2v) is 5.78. The van der Waals surface area contributed by atoms with Crippen LogP contribution < -0.4 is 0 Å². The molecule has 1 amide bonds. The van der Waals surface area contributed by atoms with Crippen molar-refractivity contribution in [3.63, 3.8) is 0 Å². The first-order valence-electron chi connectivity index (χ1n) is 7.42. The van der Waals surface area contributed by atoms with Crippen LogP contribution >= 0.6 is 0 Å². The van der Waals surface area contributed by atoms with E-state index in [1.165, 1.54) is 0 Å². The van der Waals surface area contributed by atoms with E-state index in [1.54, 1.807) is 4.90 Å². The molecule has 0 radical (unpaired) electrons. The van der Waals surface area contributed by atoms with Gasteiger partial charge in [0.25, 0.3) is 0 Å². The van der Waals surface area contributed by atoms with Crippen molar-refractivity contribution in [3.05, 3.63) is 17.0 Å². The molecule has 2 heterocycles. The lowest BCUT2D eigenvalue weighted by Gasteiger charge is -2.34. The van der Waals surface area contributed by atoms with Crippen molar-refractivity contribution in [1.29, 1.82) is 0 Å². The van der Waals surface area contributed by atoms with Gasteiger partial charge in [0.05, 0.1) is 24.8 Å². The Hall–Kier alpha value is -1.89. The number of aliphatic carboxylic acids is 1. The van der Waals surface area contributed by atoms with Gasteiger partial charge in [-0.15, -0.1) is 0 Å². The van der Waals surface area contributed by atoms with Crippen molar-refractivity contribution in [2.45, 2.75) is 39.7 Å². The van der Waals surface area contributed by atoms with Crippen LogP contribution in [-0.4, -0.2) is 52.8 Å². The van der Waals surface area contributed by atoms with Crippen molar-refractivity contribution in [2.75, 3.05) is 19.7 Å². The Balaban J connectivity index is 1.96. The first-order valence-corrected chi connectivity index (χ1v) is 7.42. The fraction of sp³-hybridized carbons (Fsp3) is 0.667. The van der Waals surface area contributed by atoms with Crippen molar-refractivity contribution in [3.8, 4) is 0 Å². The van der Waals surface area contributed by atoms with E-state index < -0.39 is 12.1 Å². The minimum absolute atomic E-state index is 0.0127. The molecule has 2 unspecified atom stereocenters. The Morgan fingerprint density at radius 3 is 2.77 bits per heavy atom. The first kappa shape index (κ1) is 16.5. The van der Waals surface area contributed by atoms with Gasteiger partial charge in [0, 0.05) is 24.6 Å². The summed E-state index contributed by atoms with van der Waals surface area (Å²) in [6, 6.07) is 0. The van der Waals surface area contributed by atoms with E-state index in [2.05, 4.69) is 5.16 Å². The monoisotopic (exact) mass is 310 g/mol. The highest BCUT2D eigenvalue weighted by Gasteiger charge is 2.29. The van der Waals surface area contributed by atoms with Crippen LogP contribution in [0.3, 0.4) is 0 Å². The van der Waals surface area contributed by atoms with Gasteiger partial charge in [-0.05, 0) is 20.3 Å². The third kappa shape index (κ3) is 3.85. The molecule has 1 N–H and O–H groups in total. The lowest BCUT2D eigenvalue weighted by molar-refractivity contribution is -0.149. The quantitative estimate of drug-likeness (QED) is 0.877. The molecule has 7 heteroatoms. The molecule has 0 aliphatic carbocycles. The van der Waals surface area contributed by atoms with Gasteiger partial charge in [-0.2, -0.15) is 0 Å². The highest BCUT2D eigenvalue weighted by Crippen LogP contribution is 2.20. The molecule has 22 heavy (non-hydrogen) atoms. The number of carbonyl (C=O) groups is 2. The summed E-state index contributed by atoms with van der Waals surface area (Å²) in [7, 11) is 0. The van der Waals surface area contributed by atoms with Crippen LogP contribution in [0.5, 0.6) is 0 Å². The van der Waals surface area contributed by atoms with Gasteiger partial charge in [0.1, 0.15) is 5.76 Å². The maximum atomic E-state index is 12.6. The topological polar surface area (TPSA) is 92.9 Å². The van der Waals surface area contributed by atoms with Crippen LogP contribution in [0, 0.1) is 19.8 Å². The molecule has 0 saturated carbocycles. The Morgan fingerprint density at radius 2 is 2.18 bits per heavy atom. The van der Waals surface area contributed by atoms with E-state index >= 15 is 0 Å². The molecule has 1 aliphatic heterocycles. The minimum atomic E-state index is -0.914. The smallest absolute Gasteiger partial charge is 0.306 e. The summed E-state index contributed by atoms with van der Waals surface area (Å²) in [6.45, 7) is 6.78. The number of carboxylic acids is 1. The van der Waals surface area contributed by atoms with Gasteiger partial charge in [-0.3, -0.25) is 9.59 Å². The maximum absolute atomic E-state index is 12.6. The first-order chi connectivity index (χ1) is 10.4. The van der Waals surface area contributed by atoms with Gasteiger partial charge in [0.2, 0.25) is 5.91 Å². The van der Waals surface area contributed by atoms with Crippen LogP contribution in [0.15, 0.2) is 4.52 Å². The molecule has 7 nitrogen and oxygen atoms in total. The molecule has 0 aromatic carbocycles. The Kier molecular flexibility index (Phi) is 5.18. The zero-order chi connectivity index (χ0) is 16.3. The molecule has 2 rings (SSSR count). The zero-order valence-corrected chi connectivity index (χ0v) is 13.2.